The van der Waals surface area contributed by atoms with Crippen molar-refractivity contribution in [3.05, 3.63) is 0 Å². The summed E-state index contributed by atoms with van der Waals surface area (Å²) in [6, 6.07) is 0. The Morgan fingerprint density at radius 3 is 2.50 bits per heavy atom. The second-order valence-corrected chi connectivity index (χ2v) is 0.712. The van der Waals surface area contributed by atoms with Gasteiger partial charge >= 0.3 is 0 Å². The lowest BCUT2D eigenvalue weighted by atomic mass is 11.3. The molecule has 0 aromatic carbocycles. The maximum absolute atomic E-state index is 3.61. The van der Waals surface area contributed by atoms with Gasteiger partial charge < -0.3 is 24.0 Å². The van der Waals surface area contributed by atoms with E-state index in [4.69, 9.17) is 0 Å². The van der Waals surface area contributed by atoms with Crippen molar-refractivity contribution in [3.63, 3.8) is 0 Å². The van der Waals surface area contributed by atoms with Crippen LogP contribution in [0.1, 0.15) is 0 Å². The second kappa shape index (κ2) is 3.23. The van der Waals surface area contributed by atoms with Gasteiger partial charge in [-0.1, -0.05) is 5.10 Å². The lowest BCUT2D eigenvalue weighted by molar-refractivity contribution is -0.531. The average Bonchev–Trinajstić information content (AvgIpc) is 1.76. The van der Waals surface area contributed by atoms with Gasteiger partial charge in [-0.15, -0.1) is 0 Å². The molecule has 0 unspecified atom stereocenters. The van der Waals surface area contributed by atoms with Gasteiger partial charge in [0.25, 0.3) is 0 Å². The lowest BCUT2D eigenvalue weighted by Crippen LogP contribution is -3.00. The van der Waals surface area contributed by atoms with Crippen LogP contribution < -0.4 is 29.4 Å². The molecular formula is C2H4IN3. The molecule has 0 saturated carbocycles. The van der Waals surface area contributed by atoms with Crippen molar-refractivity contribution in [1.29, 1.82) is 0 Å². The van der Waals surface area contributed by atoms with Crippen molar-refractivity contribution in [2.75, 3.05) is 0 Å². The summed E-state index contributed by atoms with van der Waals surface area (Å²) in [5.41, 5.74) is 1.64. The molecule has 0 amide bonds. The third-order valence-corrected chi connectivity index (χ3v) is 0.372. The van der Waals surface area contributed by atoms with Gasteiger partial charge in [-0.05, 0) is 0 Å². The molecule has 1 heterocycles. The van der Waals surface area contributed by atoms with Crippen LogP contribution in [0.25, 0.3) is 0 Å². The predicted molar refractivity (Wildman–Crippen MR) is 18.9 cm³/mol. The topological polar surface area (TPSA) is 41.3 Å². The molecule has 0 saturated heterocycles. The predicted octanol–water partition coefficient (Wildman–Crippen LogP) is -4.46. The fourth-order valence-corrected chi connectivity index (χ4v) is 0.192. The summed E-state index contributed by atoms with van der Waals surface area (Å²) in [5.74, 6) is 0. The van der Waals surface area contributed by atoms with Crippen molar-refractivity contribution in [2.45, 2.75) is 0 Å². The van der Waals surface area contributed by atoms with Gasteiger partial charge in [0.15, 0.2) is 6.34 Å². The highest BCUT2D eigenvalue weighted by Crippen LogP contribution is 1.50. The number of aliphatic imine (C=N–C) groups is 1. The fraction of sp³-hybridized carbons (Fsp3) is 0. The van der Waals surface area contributed by atoms with E-state index in [-0.39, 0.29) is 24.0 Å². The Bertz CT molecular complexity index is 66.9. The Hall–Kier alpha value is 0.0300. The highest BCUT2D eigenvalue weighted by molar-refractivity contribution is 5.68. The fourth-order valence-electron chi connectivity index (χ4n) is 0.192. The number of nitrogens with zero attached hydrogens (tertiary/aromatic N) is 2. The van der Waals surface area contributed by atoms with E-state index in [1.54, 1.807) is 11.8 Å². The zero-order valence-corrected chi connectivity index (χ0v) is 5.16. The molecule has 34 valence electrons. The maximum Gasteiger partial charge on any atom is 0.214 e. The molecule has 0 aliphatic carbocycles. The van der Waals surface area contributed by atoms with E-state index in [2.05, 4.69) is 10.1 Å². The summed E-state index contributed by atoms with van der Waals surface area (Å²) >= 11 is 0. The first kappa shape index (κ1) is 6.03. The Morgan fingerprint density at radius 1 is 1.50 bits per heavy atom. The number of nitrogens with two attached hydrogens (primary N) is 1. The van der Waals surface area contributed by atoms with Crippen molar-refractivity contribution in [3.8, 4) is 0 Å². The van der Waals surface area contributed by atoms with Crippen LogP contribution in [-0.4, -0.2) is 12.7 Å². The van der Waals surface area contributed by atoms with Gasteiger partial charge in [-0.25, -0.2) is 0 Å². The minimum absolute atomic E-state index is 0. The van der Waals surface area contributed by atoms with Crippen molar-refractivity contribution >= 4 is 12.7 Å². The van der Waals surface area contributed by atoms with E-state index in [9.17, 15) is 0 Å². The van der Waals surface area contributed by atoms with Gasteiger partial charge in [-0.2, -0.15) is 10.4 Å². The zero-order chi connectivity index (χ0) is 3.54. The van der Waals surface area contributed by atoms with Crippen LogP contribution in [0.15, 0.2) is 10.1 Å². The second-order valence-electron chi connectivity index (χ2n) is 0.712. The Balaban J connectivity index is 0.000000250. The molecule has 6 heavy (non-hydrogen) atoms. The normalized spacial score (nSPS) is 14.7. The monoisotopic (exact) mass is 197 g/mol. The van der Waals surface area contributed by atoms with Crippen LogP contribution in [0.4, 0.5) is 0 Å². The van der Waals surface area contributed by atoms with Crippen LogP contribution in [0, 0.1) is 0 Å². The standard InChI is InChI=1S/C2H3N3.HI/c1-3-2-5-4-1;/h1-2H,(H,3,4,5);1H. The van der Waals surface area contributed by atoms with Gasteiger partial charge in [0.1, 0.15) is 0 Å². The molecule has 1 aliphatic heterocycles. The van der Waals surface area contributed by atoms with E-state index in [1.165, 1.54) is 6.34 Å². The van der Waals surface area contributed by atoms with Gasteiger partial charge in [-0.3, -0.25) is 0 Å². The SMILES string of the molecule is C1=NC=N[NH2+]1.[I-]. The number of rotatable bonds is 0. The molecule has 4 heteroatoms. The molecule has 0 aromatic rings. The van der Waals surface area contributed by atoms with Crippen molar-refractivity contribution < 1.29 is 29.4 Å². The smallest absolute Gasteiger partial charge is 0.214 e. The van der Waals surface area contributed by atoms with Crippen LogP contribution in [0.5, 0.6) is 0 Å². The number of hydrogen-bond acceptors (Lipinski definition) is 2. The summed E-state index contributed by atoms with van der Waals surface area (Å²) in [4.78, 5) is 3.61. The molecule has 2 N–H and O–H groups in total. The van der Waals surface area contributed by atoms with Crippen LogP contribution in [-0.2, 0) is 0 Å². The third-order valence-electron chi connectivity index (χ3n) is 0.372. The van der Waals surface area contributed by atoms with E-state index >= 15 is 0 Å². The van der Waals surface area contributed by atoms with Crippen molar-refractivity contribution in [1.82, 2.24) is 0 Å². The lowest BCUT2D eigenvalue weighted by Gasteiger charge is -1.57. The number of hydrogen-bond donors (Lipinski definition) is 1. The first-order valence-electron chi connectivity index (χ1n) is 1.37. The first-order chi connectivity index (χ1) is 2.50. The summed E-state index contributed by atoms with van der Waals surface area (Å²) < 4.78 is 0. The van der Waals surface area contributed by atoms with E-state index in [0.29, 0.717) is 0 Å². The molecule has 0 atom stereocenters. The molecular weight excluding hydrogens is 193 g/mol. The molecule has 0 radical (unpaired) electrons. The minimum atomic E-state index is 0. The minimum Gasteiger partial charge on any atom is -1.00 e. The highest BCUT2D eigenvalue weighted by Gasteiger charge is 1.77. The first-order valence-corrected chi connectivity index (χ1v) is 1.37. The molecule has 1 rings (SSSR count). The average molecular weight is 197 g/mol. The zero-order valence-electron chi connectivity index (χ0n) is 3.00. The molecule has 0 aromatic heterocycles. The van der Waals surface area contributed by atoms with Gasteiger partial charge in [0.05, 0.1) is 0 Å². The summed E-state index contributed by atoms with van der Waals surface area (Å²) in [6.07, 6.45) is 3.14. The van der Waals surface area contributed by atoms with Crippen molar-refractivity contribution in [2.24, 2.45) is 10.1 Å². The largest absolute Gasteiger partial charge is 1.00 e. The molecule has 0 fully saturated rings. The number of quaternary nitrogens is 1. The Kier molecular flexibility index (Phi) is 3.24. The summed E-state index contributed by atoms with van der Waals surface area (Å²) in [5, 5.41) is 3.61. The van der Waals surface area contributed by atoms with E-state index < -0.39 is 0 Å². The Morgan fingerprint density at radius 2 is 2.33 bits per heavy atom. The highest BCUT2D eigenvalue weighted by atomic mass is 127. The van der Waals surface area contributed by atoms with Crippen LogP contribution >= 0.6 is 0 Å². The van der Waals surface area contributed by atoms with Gasteiger partial charge in [0.2, 0.25) is 6.34 Å². The van der Waals surface area contributed by atoms with Gasteiger partial charge in [0, 0.05) is 0 Å². The summed E-state index contributed by atoms with van der Waals surface area (Å²) in [6.45, 7) is 0. The molecule has 3 nitrogen and oxygen atoms in total. The van der Waals surface area contributed by atoms with Crippen LogP contribution in [0.3, 0.4) is 0 Å². The Labute approximate surface area is 52.6 Å². The number of halogens is 1. The maximum atomic E-state index is 3.61. The molecule has 0 spiro atoms. The van der Waals surface area contributed by atoms with E-state index in [1.807, 2.05) is 0 Å². The molecule has 1 aliphatic rings. The summed E-state index contributed by atoms with van der Waals surface area (Å²) in [7, 11) is 0. The van der Waals surface area contributed by atoms with Crippen LogP contribution in [0.2, 0.25) is 0 Å². The van der Waals surface area contributed by atoms with E-state index in [0.717, 1.165) is 0 Å². The third kappa shape index (κ3) is 1.46. The quantitative estimate of drug-likeness (QED) is 0.300. The molecule has 0 bridgehead atoms.